The molecule has 0 spiro atoms. The van der Waals surface area contributed by atoms with Crippen LogP contribution >= 0.6 is 0 Å². The van der Waals surface area contributed by atoms with Crippen molar-refractivity contribution in [3.63, 3.8) is 0 Å². The fraction of sp³-hybridized carbons (Fsp3) is 0.800. The van der Waals surface area contributed by atoms with Crippen LogP contribution in [0.25, 0.3) is 0 Å². The fourth-order valence-electron chi connectivity index (χ4n) is 1.99. The van der Waals surface area contributed by atoms with Gasteiger partial charge < -0.3 is 19.4 Å². The minimum absolute atomic E-state index is 0.207. The number of carboxylic acid groups (broad SMARTS) is 1. The number of carbonyl (C=O) groups is 2. The molecule has 1 saturated heterocycles. The Labute approximate surface area is 104 Å². The molecule has 19 heavy (non-hydrogen) atoms. The number of esters is 1. The van der Waals surface area contributed by atoms with Crippen molar-refractivity contribution in [3.8, 4) is 0 Å². The molecular weight excluding hydrogens is 276 g/mol. The molecule has 1 heterocycles. The lowest BCUT2D eigenvalue weighted by Crippen LogP contribution is -2.58. The van der Waals surface area contributed by atoms with Crippen molar-refractivity contribution in [1.82, 2.24) is 0 Å². The molecule has 2 rings (SSSR count). The molecule has 1 aliphatic carbocycles. The molecule has 2 aliphatic rings. The monoisotopic (exact) mass is 285 g/mol. The summed E-state index contributed by atoms with van der Waals surface area (Å²) in [5.74, 6) is -17.0. The highest BCUT2D eigenvalue weighted by atomic mass is 19.3. The van der Waals surface area contributed by atoms with E-state index in [9.17, 15) is 32.3 Å². The lowest BCUT2D eigenvalue weighted by atomic mass is 9.98. The first-order valence-corrected chi connectivity index (χ1v) is 5.51. The maximum atomic E-state index is 13.1. The van der Waals surface area contributed by atoms with E-state index in [1.807, 2.05) is 0 Å². The number of hydrogen-bond acceptors (Lipinski definition) is 5. The van der Waals surface area contributed by atoms with Gasteiger partial charge >= 0.3 is 17.8 Å². The Bertz CT molecular complexity index is 411. The van der Waals surface area contributed by atoms with Gasteiger partial charge in [-0.1, -0.05) is 0 Å². The largest absolute Gasteiger partial charge is 0.544 e. The normalized spacial score (nSPS) is 30.4. The number of aliphatic carboxylic acids is 1. The van der Waals surface area contributed by atoms with E-state index in [0.717, 1.165) is 0 Å². The van der Waals surface area contributed by atoms with Gasteiger partial charge in [-0.3, -0.25) is 0 Å². The van der Waals surface area contributed by atoms with E-state index in [2.05, 4.69) is 4.74 Å². The van der Waals surface area contributed by atoms with Crippen molar-refractivity contribution < 1.29 is 41.7 Å². The second-order valence-corrected chi connectivity index (χ2v) is 4.45. The molecule has 0 aromatic heterocycles. The molecule has 108 valence electrons. The van der Waals surface area contributed by atoms with Crippen LogP contribution in [0, 0.1) is 0 Å². The summed E-state index contributed by atoms with van der Waals surface area (Å²) in [7, 11) is 0. The summed E-state index contributed by atoms with van der Waals surface area (Å²) in [5, 5.41) is 9.96. The van der Waals surface area contributed by atoms with Crippen LogP contribution in [0.3, 0.4) is 0 Å². The molecule has 0 amide bonds. The summed E-state index contributed by atoms with van der Waals surface area (Å²) in [5.41, 5.74) is 0. The van der Waals surface area contributed by atoms with Crippen LogP contribution in [-0.4, -0.2) is 42.1 Å². The Balaban J connectivity index is 2.04. The lowest BCUT2D eigenvalue weighted by Gasteiger charge is -2.27. The van der Waals surface area contributed by atoms with Gasteiger partial charge in [-0.2, -0.15) is 17.6 Å². The van der Waals surface area contributed by atoms with E-state index in [-0.39, 0.29) is 12.5 Å². The molecular formula is C10H9F4O5-. The van der Waals surface area contributed by atoms with Gasteiger partial charge in [0.1, 0.15) is 18.2 Å². The molecule has 1 saturated carbocycles. The van der Waals surface area contributed by atoms with Crippen LogP contribution in [0.15, 0.2) is 0 Å². The van der Waals surface area contributed by atoms with Gasteiger partial charge in [0, 0.05) is 0 Å². The average molecular weight is 285 g/mol. The third-order valence-electron chi connectivity index (χ3n) is 3.13. The highest BCUT2D eigenvalue weighted by molar-refractivity contribution is 5.88. The molecule has 0 radical (unpaired) electrons. The quantitative estimate of drug-likeness (QED) is 0.408. The molecule has 0 N–H and O–H groups in total. The third kappa shape index (κ3) is 2.26. The van der Waals surface area contributed by atoms with Crippen molar-refractivity contribution in [2.45, 2.75) is 49.4 Å². The van der Waals surface area contributed by atoms with Crippen LogP contribution in [0.1, 0.15) is 19.3 Å². The average Bonchev–Trinajstić information content (AvgIpc) is 3.08. The molecule has 0 aromatic rings. The number of hydrogen-bond donors (Lipinski definition) is 0. The topological polar surface area (TPSA) is 79.0 Å². The number of fused-ring (bicyclic) bond motifs is 1. The molecule has 3 unspecified atom stereocenters. The minimum atomic E-state index is -5.62. The fourth-order valence-corrected chi connectivity index (χ4v) is 1.99. The molecule has 3 atom stereocenters. The number of rotatable bonds is 4. The number of carbonyl (C=O) groups excluding carboxylic acids is 2. The molecule has 0 bridgehead atoms. The van der Waals surface area contributed by atoms with Crippen LogP contribution in [0.2, 0.25) is 0 Å². The number of epoxide rings is 1. The predicted octanol–water partition coefficient (Wildman–Crippen LogP) is -0.130. The Morgan fingerprint density at radius 3 is 2.37 bits per heavy atom. The standard InChI is InChI=1S/C10H10F4O5/c11-9(12,7(15)16)10(13,14)8(17)19-5-3-1-2-4-6(5)18-4/h4-6H,1-3H2,(H,15,16)/p-1. The van der Waals surface area contributed by atoms with E-state index in [1.165, 1.54) is 0 Å². The summed E-state index contributed by atoms with van der Waals surface area (Å²) < 4.78 is 60.8. The van der Waals surface area contributed by atoms with Gasteiger partial charge in [-0.05, 0) is 19.3 Å². The van der Waals surface area contributed by atoms with Crippen LogP contribution < -0.4 is 5.11 Å². The Kier molecular flexibility index (Phi) is 3.20. The van der Waals surface area contributed by atoms with E-state index in [4.69, 9.17) is 4.74 Å². The summed E-state index contributed by atoms with van der Waals surface area (Å²) in [6.07, 6.45) is -0.382. The van der Waals surface area contributed by atoms with Crippen molar-refractivity contribution >= 4 is 11.9 Å². The zero-order chi connectivity index (χ0) is 14.4. The van der Waals surface area contributed by atoms with Gasteiger partial charge in [0.2, 0.25) is 0 Å². The van der Waals surface area contributed by atoms with Gasteiger partial charge in [-0.15, -0.1) is 0 Å². The van der Waals surface area contributed by atoms with E-state index in [0.29, 0.717) is 12.8 Å². The number of halogens is 4. The van der Waals surface area contributed by atoms with Crippen molar-refractivity contribution in [1.29, 1.82) is 0 Å². The summed E-state index contributed by atoms with van der Waals surface area (Å²) in [6.45, 7) is 0. The number of alkyl halides is 4. The van der Waals surface area contributed by atoms with E-state index in [1.54, 1.807) is 0 Å². The summed E-state index contributed by atoms with van der Waals surface area (Å²) >= 11 is 0. The SMILES string of the molecule is O=C([O-])C(F)(F)C(F)(F)C(=O)OC1CCCC2OC12. The second kappa shape index (κ2) is 4.32. The van der Waals surface area contributed by atoms with Crippen molar-refractivity contribution in [2.75, 3.05) is 0 Å². The Hall–Kier alpha value is -1.38. The first-order valence-electron chi connectivity index (χ1n) is 5.51. The molecule has 0 aromatic carbocycles. The van der Waals surface area contributed by atoms with Gasteiger partial charge in [0.25, 0.3) is 0 Å². The minimum Gasteiger partial charge on any atom is -0.544 e. The first kappa shape index (κ1) is 14.0. The van der Waals surface area contributed by atoms with Crippen LogP contribution in [0.4, 0.5) is 17.6 Å². The Morgan fingerprint density at radius 1 is 1.16 bits per heavy atom. The van der Waals surface area contributed by atoms with Crippen molar-refractivity contribution in [3.05, 3.63) is 0 Å². The van der Waals surface area contributed by atoms with E-state index < -0.39 is 36.0 Å². The summed E-state index contributed by atoms with van der Waals surface area (Å²) in [6, 6.07) is 0. The summed E-state index contributed by atoms with van der Waals surface area (Å²) in [4.78, 5) is 21.0. The molecule has 9 heteroatoms. The molecule has 5 nitrogen and oxygen atoms in total. The third-order valence-corrected chi connectivity index (χ3v) is 3.13. The number of carboxylic acids is 1. The highest BCUT2D eigenvalue weighted by Gasteiger charge is 2.65. The number of ether oxygens (including phenoxy) is 2. The highest BCUT2D eigenvalue weighted by Crippen LogP contribution is 2.40. The molecule has 1 aliphatic heterocycles. The zero-order valence-electron chi connectivity index (χ0n) is 9.41. The predicted molar refractivity (Wildman–Crippen MR) is 47.3 cm³/mol. The smallest absolute Gasteiger partial charge is 0.410 e. The maximum absolute atomic E-state index is 13.1. The van der Waals surface area contributed by atoms with Crippen LogP contribution in [-0.2, 0) is 19.1 Å². The molecule has 2 fully saturated rings. The Morgan fingerprint density at radius 2 is 1.79 bits per heavy atom. The van der Waals surface area contributed by atoms with Gasteiger partial charge in [0.05, 0.1) is 6.10 Å². The van der Waals surface area contributed by atoms with E-state index >= 15 is 0 Å². The van der Waals surface area contributed by atoms with Gasteiger partial charge in [0.15, 0.2) is 0 Å². The van der Waals surface area contributed by atoms with Crippen molar-refractivity contribution in [2.24, 2.45) is 0 Å². The van der Waals surface area contributed by atoms with Crippen LogP contribution in [0.5, 0.6) is 0 Å². The lowest BCUT2D eigenvalue weighted by molar-refractivity contribution is -0.346. The second-order valence-electron chi connectivity index (χ2n) is 4.45. The maximum Gasteiger partial charge on any atom is 0.410 e. The zero-order valence-corrected chi connectivity index (χ0v) is 9.41. The van der Waals surface area contributed by atoms with Gasteiger partial charge in [-0.25, -0.2) is 4.79 Å². The first-order chi connectivity index (χ1) is 8.68.